The van der Waals surface area contributed by atoms with Gasteiger partial charge >= 0.3 is 12.1 Å². The second-order valence-electron chi connectivity index (χ2n) is 15.4. The van der Waals surface area contributed by atoms with Crippen LogP contribution < -0.4 is 11.1 Å². The number of nitrogens with two attached hydrogens (primary N) is 1. The Morgan fingerprint density at radius 1 is 0.952 bits per heavy atom. The number of nitrogen functional groups attached to an aromatic ring is 1. The van der Waals surface area contributed by atoms with Gasteiger partial charge in [-0.1, -0.05) is 108 Å². The van der Waals surface area contributed by atoms with Gasteiger partial charge in [0.2, 0.25) is 17.3 Å². The van der Waals surface area contributed by atoms with Crippen LogP contribution in [0, 0.1) is 5.92 Å². The lowest BCUT2D eigenvalue weighted by atomic mass is 9.77. The number of rotatable bonds is 17. The molecule has 2 aromatic heterocycles. The summed E-state index contributed by atoms with van der Waals surface area (Å²) in [6.07, 6.45) is 1.71. The Kier molecular flexibility index (Phi) is 13.7. The molecule has 14 nitrogen and oxygen atoms in total. The van der Waals surface area contributed by atoms with E-state index in [1.807, 2.05) is 97.1 Å². The van der Waals surface area contributed by atoms with Gasteiger partial charge in [-0.2, -0.15) is 21.1 Å². The molecule has 0 bridgehead atoms. The van der Waals surface area contributed by atoms with Crippen LogP contribution in [0.15, 0.2) is 130 Å². The molecule has 3 aromatic carbocycles. The van der Waals surface area contributed by atoms with E-state index in [4.69, 9.17) is 15.3 Å². The number of alkyl carbamates (subject to hydrolysis) is 1. The molecule has 62 heavy (non-hydrogen) atoms. The number of Topliss-reactive ketones (excluding diaryl/α,β-unsaturated/α-hetero) is 1. The maximum Gasteiger partial charge on any atom is 0.407 e. The summed E-state index contributed by atoms with van der Waals surface area (Å²) in [5, 5.41) is 17.9. The lowest BCUT2D eigenvalue weighted by molar-refractivity contribution is -0.159. The molecule has 0 aliphatic carbocycles. The number of β-lactam (4-membered cyclic amide) rings is 1. The van der Waals surface area contributed by atoms with E-state index in [9.17, 15) is 24.3 Å². The fraction of sp³-hybridized carbons (Fsp3) is 0.289. The molecule has 4 heterocycles. The van der Waals surface area contributed by atoms with Crippen molar-refractivity contribution in [1.29, 1.82) is 0 Å². The number of pyridine rings is 1. The van der Waals surface area contributed by atoms with Crippen LogP contribution in [-0.4, -0.2) is 77.8 Å². The molecule has 2 atom stereocenters. The van der Waals surface area contributed by atoms with Gasteiger partial charge in [0, 0.05) is 74.7 Å². The Hall–Kier alpha value is -6.04. The number of benzene rings is 3. The van der Waals surface area contributed by atoms with Crippen molar-refractivity contribution < 1.29 is 33.9 Å². The van der Waals surface area contributed by atoms with E-state index in [0.29, 0.717) is 35.8 Å². The van der Waals surface area contributed by atoms with Crippen LogP contribution in [0.5, 0.6) is 0 Å². The van der Waals surface area contributed by atoms with Gasteiger partial charge in [0.1, 0.15) is 11.3 Å². The summed E-state index contributed by atoms with van der Waals surface area (Å²) in [5.41, 5.74) is 6.77. The predicted molar refractivity (Wildman–Crippen MR) is 239 cm³/mol. The van der Waals surface area contributed by atoms with Gasteiger partial charge in [0.05, 0.1) is 11.6 Å². The number of nitrogens with one attached hydrogen (secondary N) is 1. The molecule has 4 N–H and O–H groups in total. The molecule has 1 fully saturated rings. The number of carboxylic acid groups (broad SMARTS) is 1. The number of thioether (sulfide) groups is 2. The summed E-state index contributed by atoms with van der Waals surface area (Å²) in [6.45, 7) is 5.80. The van der Waals surface area contributed by atoms with E-state index in [1.165, 1.54) is 16.7 Å². The van der Waals surface area contributed by atoms with Crippen LogP contribution in [0.25, 0.3) is 0 Å². The molecule has 320 valence electrons. The van der Waals surface area contributed by atoms with Gasteiger partial charge in [0.15, 0.2) is 16.6 Å². The van der Waals surface area contributed by atoms with Crippen molar-refractivity contribution in [3.05, 3.63) is 148 Å². The molecule has 0 spiro atoms. The number of ketones is 1. The highest BCUT2D eigenvalue weighted by atomic mass is 32.2. The molecule has 2 aliphatic heterocycles. The third-order valence-corrected chi connectivity index (χ3v) is 12.8. The quantitative estimate of drug-likeness (QED) is 0.0271. The van der Waals surface area contributed by atoms with Crippen LogP contribution in [0.2, 0.25) is 0 Å². The number of allylic oxidation sites excluding steroid dienone is 1. The third kappa shape index (κ3) is 9.85. The predicted octanol–water partition coefficient (Wildman–Crippen LogP) is 7.65. The second-order valence-corrected chi connectivity index (χ2v) is 18.4. The van der Waals surface area contributed by atoms with Gasteiger partial charge in [0.25, 0.3) is 0 Å². The fourth-order valence-electron chi connectivity index (χ4n) is 7.39. The number of aliphatic carboxylic acids is 1. The number of amides is 2. The minimum Gasteiger partial charge on any atom is -0.477 e. The first-order chi connectivity index (χ1) is 29.9. The minimum atomic E-state index is -1.32. The standard InChI is InChI=1S/C45H45N7O7S3/c1-44(2,3)58-43(57)48-24-25-60-27-32-35(20-13-23-47-32)61-36-22-21-33-31(40(54)52(33)38(36)41(55)56)26-34(53)37(39-49-42(46)62-51-39)50-59-45(28-14-7-4-8-15-28,29-16-9-5-10-17-29)30-18-11-6-12-19-30/h4-20,23,31,33H,21-22,24-27H2,1-3H3,(H,48,57)(H,55,56)(H2,46,49,51)/b50-37+/t31-,33+/m0/s1. The monoisotopic (exact) mass is 891 g/mol. The van der Waals surface area contributed by atoms with Gasteiger partial charge < -0.3 is 30.6 Å². The number of carboxylic acids is 1. The van der Waals surface area contributed by atoms with E-state index in [1.54, 1.807) is 44.8 Å². The normalized spacial score (nSPS) is 16.6. The maximum atomic E-state index is 14.4. The first-order valence-corrected chi connectivity index (χ1v) is 22.6. The van der Waals surface area contributed by atoms with Crippen LogP contribution in [0.1, 0.15) is 68.2 Å². The zero-order valence-electron chi connectivity index (χ0n) is 34.2. The van der Waals surface area contributed by atoms with Crippen LogP contribution in [-0.2, 0) is 35.3 Å². The lowest BCUT2D eigenvalue weighted by Gasteiger charge is -2.50. The number of hydrogen-bond donors (Lipinski definition) is 3. The minimum absolute atomic E-state index is 0.0394. The maximum absolute atomic E-state index is 14.4. The Labute approximate surface area is 371 Å². The van der Waals surface area contributed by atoms with E-state index in [2.05, 4.69) is 24.8 Å². The number of nitrogens with zero attached hydrogens (tertiary/aromatic N) is 5. The van der Waals surface area contributed by atoms with Gasteiger partial charge in [-0.25, -0.2) is 9.59 Å². The summed E-state index contributed by atoms with van der Waals surface area (Å²) in [6, 6.07) is 31.7. The molecule has 2 aliphatic rings. The molecular formula is C45H45N7O7S3. The van der Waals surface area contributed by atoms with E-state index < -0.39 is 46.9 Å². The van der Waals surface area contributed by atoms with E-state index in [-0.39, 0.29) is 28.8 Å². The number of hydrogen-bond acceptors (Lipinski definition) is 14. The van der Waals surface area contributed by atoms with Gasteiger partial charge in [-0.05, 0) is 45.7 Å². The number of oxime groups is 1. The molecule has 7 rings (SSSR count). The Morgan fingerprint density at radius 3 is 2.15 bits per heavy atom. The number of fused-ring (bicyclic) bond motifs is 1. The van der Waals surface area contributed by atoms with Crippen molar-refractivity contribution in [3.63, 3.8) is 0 Å². The van der Waals surface area contributed by atoms with Gasteiger partial charge in [-0.3, -0.25) is 14.6 Å². The smallest absolute Gasteiger partial charge is 0.407 e. The number of carbonyl (C=O) groups excluding carboxylic acids is 3. The van der Waals surface area contributed by atoms with Crippen molar-refractivity contribution in [2.75, 3.05) is 18.0 Å². The SMILES string of the molecule is CC(C)(C)OC(=O)NCCSCc1ncccc1SC1=C(C(=O)O)N2C(=O)[C@@H](CC(=O)/C(=N\OC(c3ccccc3)(c3ccccc3)c3ccccc3)c3nsc(N)n3)[C@H]2CC1. The highest BCUT2D eigenvalue weighted by molar-refractivity contribution is 8.03. The molecule has 2 amide bonds. The number of aromatic nitrogens is 3. The second kappa shape index (κ2) is 19.3. The average molecular weight is 892 g/mol. The largest absolute Gasteiger partial charge is 0.477 e. The van der Waals surface area contributed by atoms with E-state index in [0.717, 1.165) is 38.8 Å². The highest BCUT2D eigenvalue weighted by Crippen LogP contribution is 2.47. The average Bonchev–Trinajstić information content (AvgIpc) is 3.70. The summed E-state index contributed by atoms with van der Waals surface area (Å²) < 4.78 is 9.60. The first-order valence-electron chi connectivity index (χ1n) is 19.9. The number of carbonyl (C=O) groups is 4. The molecule has 5 aromatic rings. The van der Waals surface area contributed by atoms with Crippen molar-refractivity contribution in [3.8, 4) is 0 Å². The molecule has 17 heteroatoms. The Morgan fingerprint density at radius 2 is 1.58 bits per heavy atom. The van der Waals surface area contributed by atoms with Crippen molar-refractivity contribution in [1.82, 2.24) is 24.6 Å². The van der Waals surface area contributed by atoms with Crippen molar-refractivity contribution in [2.24, 2.45) is 11.1 Å². The summed E-state index contributed by atoms with van der Waals surface area (Å²) >= 11 is 3.74. The van der Waals surface area contributed by atoms with Crippen molar-refractivity contribution in [2.45, 2.75) is 67.9 Å². The lowest BCUT2D eigenvalue weighted by Crippen LogP contribution is -2.63. The molecule has 1 saturated heterocycles. The summed E-state index contributed by atoms with van der Waals surface area (Å²) in [5.74, 6) is -2.00. The van der Waals surface area contributed by atoms with Crippen molar-refractivity contribution >= 4 is 69.7 Å². The molecule has 0 saturated carbocycles. The highest BCUT2D eigenvalue weighted by Gasteiger charge is 2.54. The molecular weight excluding hydrogens is 847 g/mol. The summed E-state index contributed by atoms with van der Waals surface area (Å²) in [4.78, 5) is 71.3. The fourth-order valence-corrected chi connectivity index (χ4v) is 9.89. The van der Waals surface area contributed by atoms with Crippen LogP contribution in [0.4, 0.5) is 9.93 Å². The third-order valence-electron chi connectivity index (χ3n) is 10.1. The zero-order chi connectivity index (χ0) is 43.9. The Balaban J connectivity index is 1.10. The number of anilines is 1. The Bertz CT molecular complexity index is 2380. The zero-order valence-corrected chi connectivity index (χ0v) is 36.7. The van der Waals surface area contributed by atoms with E-state index >= 15 is 0 Å². The van der Waals surface area contributed by atoms with Crippen LogP contribution >= 0.6 is 35.1 Å². The first kappa shape index (κ1) is 44.0. The summed E-state index contributed by atoms with van der Waals surface area (Å²) in [7, 11) is 0. The molecule has 0 radical (unpaired) electrons. The van der Waals surface area contributed by atoms with Gasteiger partial charge in [-0.15, -0.1) is 0 Å². The number of ether oxygens (including phenoxy) is 1. The molecule has 0 unspecified atom stereocenters. The van der Waals surface area contributed by atoms with Crippen LogP contribution in [0.3, 0.4) is 0 Å². The topological polar surface area (TPSA) is 199 Å².